The summed E-state index contributed by atoms with van der Waals surface area (Å²) in [6.07, 6.45) is -4.98. The Morgan fingerprint density at radius 2 is 1.74 bits per heavy atom. The molecule has 1 aromatic carbocycles. The number of rotatable bonds is 4. The van der Waals surface area contributed by atoms with E-state index in [-0.39, 0.29) is 12.8 Å². The summed E-state index contributed by atoms with van der Waals surface area (Å²) in [5, 5.41) is 0. The van der Waals surface area contributed by atoms with Crippen LogP contribution in [-0.2, 0) is 15.8 Å². The average Bonchev–Trinajstić information content (AvgIpc) is 3.00. The van der Waals surface area contributed by atoms with Gasteiger partial charge in [0.05, 0.1) is 5.75 Å². The second-order valence-electron chi connectivity index (χ2n) is 4.68. The Labute approximate surface area is 108 Å². The van der Waals surface area contributed by atoms with Gasteiger partial charge in [-0.1, -0.05) is 12.1 Å². The molecule has 1 aromatic rings. The molecule has 0 atom stereocenters. The normalized spacial score (nSPS) is 18.3. The lowest BCUT2D eigenvalue weighted by Crippen LogP contribution is -2.48. The molecule has 0 saturated heterocycles. The Morgan fingerprint density at radius 1 is 1.21 bits per heavy atom. The Hall–Kier alpha value is -1.28. The number of nitrogens with two attached hydrogens (primary N) is 1. The van der Waals surface area contributed by atoms with E-state index in [1.807, 2.05) is 0 Å². The fraction of sp³-hybridized carbons (Fsp3) is 0.455. The van der Waals surface area contributed by atoms with E-state index in [0.29, 0.717) is 11.3 Å². The monoisotopic (exact) mass is 294 g/mol. The van der Waals surface area contributed by atoms with Gasteiger partial charge in [-0.05, 0) is 30.5 Å². The van der Waals surface area contributed by atoms with E-state index < -0.39 is 27.5 Å². The van der Waals surface area contributed by atoms with Gasteiger partial charge in [-0.15, -0.1) is 0 Å². The maximum absolute atomic E-state index is 12.7. The molecule has 0 aromatic heterocycles. The van der Waals surface area contributed by atoms with E-state index in [4.69, 9.17) is 5.73 Å². The Balaban J connectivity index is 2.10. The Morgan fingerprint density at radius 3 is 2.16 bits per heavy atom. The minimum absolute atomic E-state index is 0.211. The third-order valence-electron chi connectivity index (χ3n) is 2.98. The predicted octanol–water partition coefficient (Wildman–Crippen LogP) is 1.78. The highest BCUT2D eigenvalue weighted by molar-refractivity contribution is 7.88. The van der Waals surface area contributed by atoms with Gasteiger partial charge in [-0.2, -0.15) is 17.9 Å². The summed E-state index contributed by atoms with van der Waals surface area (Å²) in [7, 11) is -4.04. The molecule has 1 fully saturated rings. The van der Waals surface area contributed by atoms with E-state index in [1.165, 1.54) is 24.3 Å². The first-order valence-electron chi connectivity index (χ1n) is 5.56. The van der Waals surface area contributed by atoms with Crippen molar-refractivity contribution in [1.82, 2.24) is 4.72 Å². The molecule has 0 spiro atoms. The standard InChI is InChI=1S/C11H13F3N2O2S/c12-11(13,14)10(5-6-10)16-19(17,18)7-8-1-3-9(15)4-2-8/h1-4,16H,5-7,15H2. The van der Waals surface area contributed by atoms with Crippen LogP contribution in [0.4, 0.5) is 18.9 Å². The van der Waals surface area contributed by atoms with Crippen molar-refractivity contribution in [3.8, 4) is 0 Å². The van der Waals surface area contributed by atoms with Crippen LogP contribution in [0.25, 0.3) is 0 Å². The molecule has 8 heteroatoms. The van der Waals surface area contributed by atoms with Crippen molar-refractivity contribution in [2.24, 2.45) is 0 Å². The van der Waals surface area contributed by atoms with Crippen LogP contribution in [0.3, 0.4) is 0 Å². The van der Waals surface area contributed by atoms with Gasteiger partial charge in [-0.25, -0.2) is 8.42 Å². The van der Waals surface area contributed by atoms with Crippen molar-refractivity contribution in [2.45, 2.75) is 30.3 Å². The van der Waals surface area contributed by atoms with Crippen LogP contribution in [0.5, 0.6) is 0 Å². The van der Waals surface area contributed by atoms with Gasteiger partial charge in [0, 0.05) is 5.69 Å². The smallest absolute Gasteiger partial charge is 0.399 e. The zero-order valence-corrected chi connectivity index (χ0v) is 10.7. The van der Waals surface area contributed by atoms with Crippen molar-refractivity contribution < 1.29 is 21.6 Å². The third kappa shape index (κ3) is 3.19. The van der Waals surface area contributed by atoms with E-state index in [0.717, 1.165) is 0 Å². The molecule has 106 valence electrons. The average molecular weight is 294 g/mol. The number of nitrogens with one attached hydrogen (secondary N) is 1. The number of hydrogen-bond donors (Lipinski definition) is 2. The highest BCUT2D eigenvalue weighted by Gasteiger charge is 2.65. The zero-order valence-electron chi connectivity index (χ0n) is 9.87. The molecule has 1 aliphatic carbocycles. The highest BCUT2D eigenvalue weighted by Crippen LogP contribution is 2.49. The van der Waals surface area contributed by atoms with Crippen LogP contribution in [0.1, 0.15) is 18.4 Å². The maximum Gasteiger partial charge on any atom is 0.407 e. The zero-order chi connectivity index (χ0) is 14.3. The quantitative estimate of drug-likeness (QED) is 0.831. The van der Waals surface area contributed by atoms with Gasteiger partial charge < -0.3 is 5.73 Å². The summed E-state index contributed by atoms with van der Waals surface area (Å²) in [6.45, 7) is 0. The largest absolute Gasteiger partial charge is 0.407 e. The SMILES string of the molecule is Nc1ccc(CS(=O)(=O)NC2(C(F)(F)F)CC2)cc1. The second-order valence-corrected chi connectivity index (χ2v) is 6.40. The molecule has 1 saturated carbocycles. The van der Waals surface area contributed by atoms with Gasteiger partial charge >= 0.3 is 6.18 Å². The van der Waals surface area contributed by atoms with Crippen LogP contribution in [0, 0.1) is 0 Å². The molecule has 0 radical (unpaired) electrons. The minimum atomic E-state index is -4.55. The number of hydrogen-bond acceptors (Lipinski definition) is 3. The number of halogens is 3. The van der Waals surface area contributed by atoms with Crippen molar-refractivity contribution in [1.29, 1.82) is 0 Å². The van der Waals surface area contributed by atoms with Gasteiger partial charge in [0.15, 0.2) is 0 Å². The van der Waals surface area contributed by atoms with E-state index in [9.17, 15) is 21.6 Å². The minimum Gasteiger partial charge on any atom is -0.399 e. The van der Waals surface area contributed by atoms with E-state index in [2.05, 4.69) is 0 Å². The van der Waals surface area contributed by atoms with Crippen LogP contribution >= 0.6 is 0 Å². The van der Waals surface area contributed by atoms with E-state index in [1.54, 1.807) is 4.72 Å². The molecule has 0 aliphatic heterocycles. The number of alkyl halides is 3. The number of benzene rings is 1. The summed E-state index contributed by atoms with van der Waals surface area (Å²) in [4.78, 5) is 0. The number of nitrogen functional groups attached to an aromatic ring is 1. The molecule has 0 bridgehead atoms. The molecule has 19 heavy (non-hydrogen) atoms. The second kappa shape index (κ2) is 4.38. The molecule has 1 aliphatic rings. The topological polar surface area (TPSA) is 72.2 Å². The molecule has 0 amide bonds. The van der Waals surface area contributed by atoms with Crippen LogP contribution in [0.15, 0.2) is 24.3 Å². The summed E-state index contributed by atoms with van der Waals surface area (Å²) < 4.78 is 63.3. The lowest BCUT2D eigenvalue weighted by atomic mass is 10.2. The van der Waals surface area contributed by atoms with Gasteiger partial charge in [0.1, 0.15) is 5.54 Å². The van der Waals surface area contributed by atoms with Crippen molar-refractivity contribution in [3.63, 3.8) is 0 Å². The predicted molar refractivity (Wildman–Crippen MR) is 64.6 cm³/mol. The number of sulfonamides is 1. The summed E-state index contributed by atoms with van der Waals surface area (Å²) in [5.74, 6) is -0.495. The van der Waals surface area contributed by atoms with Crippen LogP contribution in [-0.4, -0.2) is 20.1 Å². The van der Waals surface area contributed by atoms with Crippen molar-refractivity contribution >= 4 is 15.7 Å². The highest BCUT2D eigenvalue weighted by atomic mass is 32.2. The Bertz CT molecular complexity index is 563. The van der Waals surface area contributed by atoms with Gasteiger partial charge in [0.25, 0.3) is 0 Å². The van der Waals surface area contributed by atoms with E-state index >= 15 is 0 Å². The van der Waals surface area contributed by atoms with Gasteiger partial charge in [-0.3, -0.25) is 0 Å². The van der Waals surface area contributed by atoms with Crippen molar-refractivity contribution in [3.05, 3.63) is 29.8 Å². The molecule has 0 heterocycles. The van der Waals surface area contributed by atoms with Crippen LogP contribution < -0.4 is 10.5 Å². The fourth-order valence-electron chi connectivity index (χ4n) is 1.74. The summed E-state index contributed by atoms with van der Waals surface area (Å²) >= 11 is 0. The fourth-order valence-corrected chi connectivity index (χ4v) is 3.35. The van der Waals surface area contributed by atoms with Gasteiger partial charge in [0.2, 0.25) is 10.0 Å². The lowest BCUT2D eigenvalue weighted by molar-refractivity contribution is -0.160. The van der Waals surface area contributed by atoms with Crippen LogP contribution in [0.2, 0.25) is 0 Å². The molecule has 2 rings (SSSR count). The molecular weight excluding hydrogens is 281 g/mol. The first-order chi connectivity index (χ1) is 8.64. The van der Waals surface area contributed by atoms with Crippen molar-refractivity contribution in [2.75, 3.05) is 5.73 Å². The third-order valence-corrected chi connectivity index (χ3v) is 4.40. The lowest BCUT2D eigenvalue weighted by Gasteiger charge is -2.20. The molecule has 3 N–H and O–H groups in total. The maximum atomic E-state index is 12.7. The molecular formula is C11H13F3N2O2S. The first kappa shape index (κ1) is 14.1. The first-order valence-corrected chi connectivity index (χ1v) is 7.22. The molecule has 4 nitrogen and oxygen atoms in total. The number of anilines is 1. The summed E-state index contributed by atoms with van der Waals surface area (Å²) in [6, 6.07) is 5.95. The summed E-state index contributed by atoms with van der Waals surface area (Å²) in [5.41, 5.74) is 4.03. The Kier molecular flexibility index (Phi) is 3.26. The molecule has 0 unspecified atom stereocenters.